The highest BCUT2D eigenvalue weighted by atomic mass is 32.2. The molecule has 0 spiro atoms. The molecular formula is C21H24N4O4S. The molecule has 1 aromatic carbocycles. The van der Waals surface area contributed by atoms with Gasteiger partial charge < -0.3 is 14.2 Å². The number of aliphatic imine (C=N–C) groups is 1. The molecular weight excluding hydrogens is 404 g/mol. The van der Waals surface area contributed by atoms with Gasteiger partial charge in [-0.3, -0.25) is 10.2 Å². The van der Waals surface area contributed by atoms with E-state index < -0.39 is 5.91 Å². The Kier molecular flexibility index (Phi) is 5.80. The molecule has 1 aromatic rings. The second kappa shape index (κ2) is 8.51. The minimum absolute atomic E-state index is 0.0251. The molecule has 158 valence electrons. The lowest BCUT2D eigenvalue weighted by atomic mass is 9.90. The van der Waals surface area contributed by atoms with Crippen LogP contribution in [0.5, 0.6) is 17.2 Å². The summed E-state index contributed by atoms with van der Waals surface area (Å²) in [5.41, 5.74) is 0.807. The molecule has 8 nitrogen and oxygen atoms in total. The van der Waals surface area contributed by atoms with E-state index in [2.05, 4.69) is 10.1 Å². The van der Waals surface area contributed by atoms with Crippen LogP contribution >= 0.6 is 11.8 Å². The predicted octanol–water partition coefficient (Wildman–Crippen LogP) is 3.91. The number of carbonyl (C=O) groups excluding carboxylic acids is 1. The standard InChI is InChI=1S/C21H24N4O4S/c1-27-15-10-12(11-16(28-2)17(15)29-3)9-14-18(22)25-21(23-19(14)26)30-20(24-25)13-7-5-4-6-8-13/h9-11,13,22H,4-8H2,1-3H3/b14-9-,22-18?. The molecule has 0 unspecified atom stereocenters. The monoisotopic (exact) mass is 428 g/mol. The van der Waals surface area contributed by atoms with E-state index in [4.69, 9.17) is 19.6 Å². The van der Waals surface area contributed by atoms with Gasteiger partial charge in [0.25, 0.3) is 5.91 Å². The number of methoxy groups -OCH3 is 3. The van der Waals surface area contributed by atoms with Gasteiger partial charge in [-0.05, 0) is 48.4 Å². The van der Waals surface area contributed by atoms with Gasteiger partial charge in [0.1, 0.15) is 5.04 Å². The first-order chi connectivity index (χ1) is 14.5. The van der Waals surface area contributed by atoms with E-state index in [-0.39, 0.29) is 11.4 Å². The topological polar surface area (TPSA) is 96.6 Å². The Morgan fingerprint density at radius 3 is 2.37 bits per heavy atom. The van der Waals surface area contributed by atoms with Gasteiger partial charge in [-0.15, -0.1) is 0 Å². The van der Waals surface area contributed by atoms with Crippen LogP contribution in [-0.2, 0) is 4.79 Å². The lowest BCUT2D eigenvalue weighted by molar-refractivity contribution is -0.114. The average Bonchev–Trinajstić information content (AvgIpc) is 3.20. The summed E-state index contributed by atoms with van der Waals surface area (Å²) in [6, 6.07) is 3.45. The summed E-state index contributed by atoms with van der Waals surface area (Å²) < 4.78 is 16.1. The summed E-state index contributed by atoms with van der Waals surface area (Å²) >= 11 is 1.41. The van der Waals surface area contributed by atoms with Crippen LogP contribution in [0, 0.1) is 11.3 Å². The van der Waals surface area contributed by atoms with Crippen molar-refractivity contribution >= 4 is 39.8 Å². The van der Waals surface area contributed by atoms with E-state index in [1.165, 1.54) is 57.4 Å². The molecule has 1 fully saturated rings. The maximum absolute atomic E-state index is 12.7. The number of hydrogen-bond acceptors (Lipinski definition) is 7. The molecule has 4 rings (SSSR count). The van der Waals surface area contributed by atoms with Crippen molar-refractivity contribution in [3.05, 3.63) is 23.3 Å². The molecule has 0 saturated heterocycles. The van der Waals surface area contributed by atoms with Crippen LogP contribution in [0.3, 0.4) is 0 Å². The fourth-order valence-corrected chi connectivity index (χ4v) is 4.93. The Bertz CT molecular complexity index is 954. The minimum Gasteiger partial charge on any atom is -0.493 e. The van der Waals surface area contributed by atoms with Crippen LogP contribution in [0.4, 0.5) is 0 Å². The van der Waals surface area contributed by atoms with Gasteiger partial charge in [-0.25, -0.2) is 0 Å². The molecule has 2 aliphatic heterocycles. The van der Waals surface area contributed by atoms with E-state index in [1.807, 2.05) is 0 Å². The third-order valence-electron chi connectivity index (χ3n) is 5.42. The fourth-order valence-electron chi connectivity index (χ4n) is 3.87. The van der Waals surface area contributed by atoms with Crippen molar-refractivity contribution in [3.8, 4) is 17.2 Å². The number of thioether (sulfide) groups is 1. The first-order valence-corrected chi connectivity index (χ1v) is 10.7. The second-order valence-electron chi connectivity index (χ2n) is 7.25. The van der Waals surface area contributed by atoms with E-state index in [1.54, 1.807) is 18.2 Å². The number of rotatable bonds is 5. The number of nitrogens with zero attached hydrogens (tertiary/aromatic N) is 3. The number of nitrogens with one attached hydrogen (secondary N) is 1. The van der Waals surface area contributed by atoms with Crippen molar-refractivity contribution in [3.63, 3.8) is 0 Å². The van der Waals surface area contributed by atoms with Crippen LogP contribution < -0.4 is 14.2 Å². The molecule has 9 heteroatoms. The number of amides is 1. The predicted molar refractivity (Wildman–Crippen MR) is 118 cm³/mol. The van der Waals surface area contributed by atoms with E-state index >= 15 is 0 Å². The largest absolute Gasteiger partial charge is 0.493 e. The van der Waals surface area contributed by atoms with Crippen molar-refractivity contribution in [1.29, 1.82) is 5.41 Å². The van der Waals surface area contributed by atoms with Crippen molar-refractivity contribution in [2.24, 2.45) is 16.0 Å². The number of hydrogen-bond donors (Lipinski definition) is 1. The average molecular weight is 429 g/mol. The maximum atomic E-state index is 12.7. The first-order valence-electron chi connectivity index (χ1n) is 9.85. The Hall–Kier alpha value is -2.81. The van der Waals surface area contributed by atoms with Gasteiger partial charge >= 0.3 is 0 Å². The maximum Gasteiger partial charge on any atom is 0.283 e. The molecule has 1 amide bonds. The highest BCUT2D eigenvalue weighted by Gasteiger charge is 2.38. The van der Waals surface area contributed by atoms with Crippen molar-refractivity contribution in [2.45, 2.75) is 32.1 Å². The van der Waals surface area contributed by atoms with Gasteiger partial charge in [0.05, 0.1) is 26.9 Å². The summed E-state index contributed by atoms with van der Waals surface area (Å²) in [5.74, 6) is 1.37. The summed E-state index contributed by atoms with van der Waals surface area (Å²) in [5, 5.41) is 16.1. The van der Waals surface area contributed by atoms with Gasteiger partial charge in [0, 0.05) is 5.92 Å². The molecule has 1 aliphatic carbocycles. The van der Waals surface area contributed by atoms with Crippen LogP contribution in [-0.4, -0.2) is 48.3 Å². The molecule has 1 N–H and O–H groups in total. The number of carbonyl (C=O) groups is 1. The molecule has 1 saturated carbocycles. The molecule has 0 aromatic heterocycles. The third-order valence-corrected chi connectivity index (χ3v) is 6.49. The van der Waals surface area contributed by atoms with Gasteiger partial charge in [-0.1, -0.05) is 19.3 Å². The summed E-state index contributed by atoms with van der Waals surface area (Å²) in [4.78, 5) is 16.9. The molecule has 0 atom stereocenters. The van der Waals surface area contributed by atoms with Crippen LogP contribution in [0.15, 0.2) is 27.8 Å². The Morgan fingerprint density at radius 1 is 1.10 bits per heavy atom. The van der Waals surface area contributed by atoms with Gasteiger partial charge in [0.2, 0.25) is 10.9 Å². The number of ether oxygens (including phenoxy) is 3. The van der Waals surface area contributed by atoms with Crippen LogP contribution in [0.25, 0.3) is 6.08 Å². The van der Waals surface area contributed by atoms with E-state index in [0.717, 1.165) is 17.9 Å². The lowest BCUT2D eigenvalue weighted by Crippen LogP contribution is -2.35. The van der Waals surface area contributed by atoms with E-state index in [0.29, 0.717) is 33.9 Å². The zero-order chi connectivity index (χ0) is 21.3. The number of benzene rings is 1. The van der Waals surface area contributed by atoms with Crippen molar-refractivity contribution in [1.82, 2.24) is 5.01 Å². The molecule has 2 heterocycles. The summed E-state index contributed by atoms with van der Waals surface area (Å²) in [7, 11) is 4.59. The van der Waals surface area contributed by atoms with Gasteiger partial charge in [0.15, 0.2) is 17.3 Å². The minimum atomic E-state index is -0.451. The third kappa shape index (κ3) is 3.69. The molecule has 0 bridgehead atoms. The smallest absolute Gasteiger partial charge is 0.283 e. The highest BCUT2D eigenvalue weighted by molar-refractivity contribution is 8.27. The van der Waals surface area contributed by atoms with Crippen molar-refractivity contribution in [2.75, 3.05) is 21.3 Å². The first kappa shape index (κ1) is 20.5. The van der Waals surface area contributed by atoms with E-state index in [9.17, 15) is 4.79 Å². The second-order valence-corrected chi connectivity index (χ2v) is 8.24. The number of hydrazone groups is 1. The van der Waals surface area contributed by atoms with Crippen molar-refractivity contribution < 1.29 is 19.0 Å². The van der Waals surface area contributed by atoms with Crippen LogP contribution in [0.2, 0.25) is 0 Å². The summed E-state index contributed by atoms with van der Waals surface area (Å²) in [6.07, 6.45) is 7.45. The SMILES string of the molecule is COc1cc(/C=C2/C(=N)N3N=C(C4CCCCC4)SC3=NC2=O)cc(OC)c1OC. The number of fused-ring (bicyclic) bond motifs is 1. The zero-order valence-electron chi connectivity index (χ0n) is 17.2. The molecule has 30 heavy (non-hydrogen) atoms. The quantitative estimate of drug-likeness (QED) is 0.714. The van der Waals surface area contributed by atoms with Gasteiger partial charge in [-0.2, -0.15) is 15.1 Å². The zero-order valence-corrected chi connectivity index (χ0v) is 18.0. The normalized spacial score (nSPS) is 20.8. The van der Waals surface area contributed by atoms with Crippen LogP contribution in [0.1, 0.15) is 37.7 Å². The summed E-state index contributed by atoms with van der Waals surface area (Å²) in [6.45, 7) is 0. The lowest BCUT2D eigenvalue weighted by Gasteiger charge is -2.20. The molecule has 0 radical (unpaired) electrons. The fraction of sp³-hybridized carbons (Fsp3) is 0.429. The Morgan fingerprint density at radius 2 is 1.77 bits per heavy atom. The highest BCUT2D eigenvalue weighted by Crippen LogP contribution is 2.40. The Labute approximate surface area is 179 Å². The Balaban J connectivity index is 1.66. The molecule has 3 aliphatic rings. The number of amidine groups is 2.